The van der Waals surface area contributed by atoms with Crippen molar-refractivity contribution in [2.75, 3.05) is 7.11 Å². The van der Waals surface area contributed by atoms with E-state index in [1.165, 1.54) is 19.5 Å². The molecule has 0 aliphatic carbocycles. The fourth-order valence-electron chi connectivity index (χ4n) is 1.68. The summed E-state index contributed by atoms with van der Waals surface area (Å²) in [6, 6.07) is 8.54. The van der Waals surface area contributed by atoms with Gasteiger partial charge < -0.3 is 9.84 Å². The molecule has 2 rings (SSSR count). The summed E-state index contributed by atoms with van der Waals surface area (Å²) in [5.41, 5.74) is 0.591. The zero-order valence-electron chi connectivity index (χ0n) is 9.78. The lowest BCUT2D eigenvalue weighted by molar-refractivity contribution is -0.137. The summed E-state index contributed by atoms with van der Waals surface area (Å²) in [5, 5.41) is 9.32. The SMILES string of the molecule is COc1cccc(C(C(=O)O)c2ncccn2)c1. The highest BCUT2D eigenvalue weighted by molar-refractivity contribution is 5.79. The average molecular weight is 244 g/mol. The second-order valence-electron chi connectivity index (χ2n) is 3.65. The van der Waals surface area contributed by atoms with Crippen molar-refractivity contribution >= 4 is 5.97 Å². The molecular formula is C13H12N2O3. The molecule has 0 saturated heterocycles. The van der Waals surface area contributed by atoms with Gasteiger partial charge in [0.15, 0.2) is 0 Å². The van der Waals surface area contributed by atoms with Crippen LogP contribution in [0.5, 0.6) is 5.75 Å². The smallest absolute Gasteiger partial charge is 0.318 e. The number of rotatable bonds is 4. The number of carboxylic acid groups (broad SMARTS) is 1. The van der Waals surface area contributed by atoms with E-state index in [1.807, 2.05) is 0 Å². The van der Waals surface area contributed by atoms with Gasteiger partial charge in [-0.2, -0.15) is 0 Å². The van der Waals surface area contributed by atoms with E-state index < -0.39 is 11.9 Å². The lowest BCUT2D eigenvalue weighted by Gasteiger charge is -2.12. The quantitative estimate of drug-likeness (QED) is 0.886. The van der Waals surface area contributed by atoms with Crippen LogP contribution in [-0.2, 0) is 4.79 Å². The monoisotopic (exact) mass is 244 g/mol. The lowest BCUT2D eigenvalue weighted by Crippen LogP contribution is -2.16. The van der Waals surface area contributed by atoms with Gasteiger partial charge >= 0.3 is 5.97 Å². The van der Waals surface area contributed by atoms with E-state index in [1.54, 1.807) is 30.3 Å². The topological polar surface area (TPSA) is 72.3 Å². The van der Waals surface area contributed by atoms with Crippen molar-refractivity contribution in [1.82, 2.24) is 9.97 Å². The summed E-state index contributed by atoms with van der Waals surface area (Å²) >= 11 is 0. The number of carbonyl (C=O) groups is 1. The van der Waals surface area contributed by atoms with E-state index in [9.17, 15) is 9.90 Å². The molecule has 1 aromatic heterocycles. The molecule has 92 valence electrons. The summed E-state index contributed by atoms with van der Waals surface area (Å²) in [4.78, 5) is 19.4. The number of aromatic nitrogens is 2. The minimum Gasteiger partial charge on any atom is -0.497 e. The molecule has 5 heteroatoms. The maximum Gasteiger partial charge on any atom is 0.318 e. The number of benzene rings is 1. The van der Waals surface area contributed by atoms with E-state index in [-0.39, 0.29) is 5.82 Å². The second-order valence-corrected chi connectivity index (χ2v) is 3.65. The third-order valence-corrected chi connectivity index (χ3v) is 2.52. The van der Waals surface area contributed by atoms with Crippen LogP contribution >= 0.6 is 0 Å². The van der Waals surface area contributed by atoms with E-state index >= 15 is 0 Å². The first-order valence-electron chi connectivity index (χ1n) is 5.36. The predicted octanol–water partition coefficient (Wildman–Crippen LogP) is 1.70. The van der Waals surface area contributed by atoms with Crippen molar-refractivity contribution in [2.24, 2.45) is 0 Å². The highest BCUT2D eigenvalue weighted by Crippen LogP contribution is 2.25. The average Bonchev–Trinajstić information content (AvgIpc) is 2.40. The van der Waals surface area contributed by atoms with Crippen molar-refractivity contribution in [3.05, 3.63) is 54.1 Å². The normalized spacial score (nSPS) is 11.8. The third-order valence-electron chi connectivity index (χ3n) is 2.52. The molecule has 0 amide bonds. The minimum absolute atomic E-state index is 0.262. The van der Waals surface area contributed by atoms with Crippen LogP contribution < -0.4 is 4.74 Å². The third kappa shape index (κ3) is 2.45. The summed E-state index contributed by atoms with van der Waals surface area (Å²) < 4.78 is 5.09. The number of ether oxygens (including phenoxy) is 1. The molecule has 1 N–H and O–H groups in total. The Morgan fingerprint density at radius 3 is 2.61 bits per heavy atom. The zero-order chi connectivity index (χ0) is 13.0. The molecule has 0 spiro atoms. The number of hydrogen-bond acceptors (Lipinski definition) is 4. The van der Waals surface area contributed by atoms with Crippen molar-refractivity contribution in [3.63, 3.8) is 0 Å². The zero-order valence-corrected chi connectivity index (χ0v) is 9.78. The molecule has 1 atom stereocenters. The van der Waals surface area contributed by atoms with Crippen LogP contribution in [0.3, 0.4) is 0 Å². The molecule has 1 aromatic carbocycles. The van der Waals surface area contributed by atoms with Gasteiger partial charge in [0.05, 0.1) is 7.11 Å². The van der Waals surface area contributed by atoms with E-state index in [2.05, 4.69) is 9.97 Å². The molecule has 0 bridgehead atoms. The standard InChI is InChI=1S/C13H12N2O3/c1-18-10-5-2-4-9(8-10)11(13(16)17)12-14-6-3-7-15-12/h2-8,11H,1H3,(H,16,17). The van der Waals surface area contributed by atoms with Crippen LogP contribution in [0.4, 0.5) is 0 Å². The van der Waals surface area contributed by atoms with Crippen LogP contribution in [0.2, 0.25) is 0 Å². The van der Waals surface area contributed by atoms with Gasteiger partial charge in [0.1, 0.15) is 17.5 Å². The number of methoxy groups -OCH3 is 1. The molecule has 5 nitrogen and oxygen atoms in total. The second kappa shape index (κ2) is 5.27. The first-order valence-corrected chi connectivity index (χ1v) is 5.36. The van der Waals surface area contributed by atoms with Crippen LogP contribution in [0.15, 0.2) is 42.7 Å². The molecule has 1 unspecified atom stereocenters. The first-order chi connectivity index (χ1) is 8.72. The molecule has 1 heterocycles. The maximum atomic E-state index is 11.4. The molecule has 0 aliphatic rings. The Hall–Kier alpha value is -2.43. The van der Waals surface area contributed by atoms with E-state index in [4.69, 9.17) is 4.74 Å². The van der Waals surface area contributed by atoms with Gasteiger partial charge in [-0.1, -0.05) is 12.1 Å². The summed E-state index contributed by atoms with van der Waals surface area (Å²) in [6.07, 6.45) is 3.05. The number of carboxylic acids is 1. The summed E-state index contributed by atoms with van der Waals surface area (Å²) in [7, 11) is 1.54. The fourth-order valence-corrected chi connectivity index (χ4v) is 1.68. The van der Waals surface area contributed by atoms with Crippen LogP contribution in [0.1, 0.15) is 17.3 Å². The Morgan fingerprint density at radius 1 is 1.28 bits per heavy atom. The van der Waals surface area contributed by atoms with Crippen molar-refractivity contribution in [1.29, 1.82) is 0 Å². The fraction of sp³-hybridized carbons (Fsp3) is 0.154. The number of hydrogen-bond donors (Lipinski definition) is 1. The van der Waals surface area contributed by atoms with E-state index in [0.29, 0.717) is 11.3 Å². The Balaban J connectivity index is 2.45. The number of aliphatic carboxylic acids is 1. The van der Waals surface area contributed by atoms with Gasteiger partial charge in [0.25, 0.3) is 0 Å². The van der Waals surface area contributed by atoms with Gasteiger partial charge in [-0.15, -0.1) is 0 Å². The molecule has 0 fully saturated rings. The molecule has 0 aliphatic heterocycles. The van der Waals surface area contributed by atoms with Gasteiger partial charge in [0, 0.05) is 12.4 Å². The van der Waals surface area contributed by atoms with Crippen molar-refractivity contribution in [2.45, 2.75) is 5.92 Å². The van der Waals surface area contributed by atoms with Crippen LogP contribution in [0.25, 0.3) is 0 Å². The Labute approximate surface area is 104 Å². The van der Waals surface area contributed by atoms with Crippen LogP contribution in [0, 0.1) is 0 Å². The largest absolute Gasteiger partial charge is 0.497 e. The maximum absolute atomic E-state index is 11.4. The molecule has 18 heavy (non-hydrogen) atoms. The lowest BCUT2D eigenvalue weighted by atomic mass is 9.98. The summed E-state index contributed by atoms with van der Waals surface area (Å²) in [5.74, 6) is -1.01. The molecule has 2 aromatic rings. The van der Waals surface area contributed by atoms with Gasteiger partial charge in [0.2, 0.25) is 0 Å². The van der Waals surface area contributed by atoms with Gasteiger partial charge in [-0.25, -0.2) is 9.97 Å². The predicted molar refractivity (Wildman–Crippen MR) is 64.5 cm³/mol. The Bertz CT molecular complexity index is 543. The van der Waals surface area contributed by atoms with Crippen molar-refractivity contribution < 1.29 is 14.6 Å². The Morgan fingerprint density at radius 2 is 2.00 bits per heavy atom. The van der Waals surface area contributed by atoms with E-state index in [0.717, 1.165) is 0 Å². The molecule has 0 saturated carbocycles. The molecular weight excluding hydrogens is 232 g/mol. The Kier molecular flexibility index (Phi) is 3.52. The number of nitrogens with zero attached hydrogens (tertiary/aromatic N) is 2. The van der Waals surface area contributed by atoms with Crippen molar-refractivity contribution in [3.8, 4) is 5.75 Å². The highest BCUT2D eigenvalue weighted by Gasteiger charge is 2.24. The van der Waals surface area contributed by atoms with Gasteiger partial charge in [-0.05, 0) is 23.8 Å². The highest BCUT2D eigenvalue weighted by atomic mass is 16.5. The summed E-state index contributed by atoms with van der Waals surface area (Å²) in [6.45, 7) is 0. The minimum atomic E-state index is -0.991. The van der Waals surface area contributed by atoms with Gasteiger partial charge in [-0.3, -0.25) is 4.79 Å². The molecule has 0 radical (unpaired) electrons. The van der Waals surface area contributed by atoms with Crippen LogP contribution in [-0.4, -0.2) is 28.2 Å². The first kappa shape index (κ1) is 12.0.